The number of hydrogen-bond acceptors (Lipinski definition) is 7. The van der Waals surface area contributed by atoms with Crippen molar-refractivity contribution >= 4 is 0 Å². The van der Waals surface area contributed by atoms with Crippen LogP contribution in [0.15, 0.2) is 23.5 Å². The first kappa shape index (κ1) is 20.5. The fourth-order valence-electron chi connectivity index (χ4n) is 5.84. The van der Waals surface area contributed by atoms with Crippen LogP contribution in [-0.4, -0.2) is 70.7 Å². The molecule has 1 aliphatic heterocycles. The van der Waals surface area contributed by atoms with Gasteiger partial charge in [-0.25, -0.2) is 0 Å². The molecule has 1 aromatic rings. The van der Waals surface area contributed by atoms with Crippen LogP contribution in [0.2, 0.25) is 0 Å². The Balaban J connectivity index is 2.03. The number of likely N-dealkylation sites (N-methyl/N-ethyl adjacent to an activating group) is 1. The molecule has 2 aliphatic carbocycles. The molecule has 0 radical (unpaired) electrons. The SMILES string of the molecule is COC1=C2CCc3cc(OC)c(OC)cc3[C@@]23CCN(C)[C@](O)(C3)C1(OC)OC. The van der Waals surface area contributed by atoms with Crippen molar-refractivity contribution in [2.45, 2.75) is 42.6 Å². The van der Waals surface area contributed by atoms with Gasteiger partial charge in [-0.15, -0.1) is 0 Å². The molecule has 3 aliphatic rings. The van der Waals surface area contributed by atoms with Crippen molar-refractivity contribution in [3.8, 4) is 11.5 Å². The smallest absolute Gasteiger partial charge is 0.271 e. The second-order valence-electron chi connectivity index (χ2n) is 8.15. The number of rotatable bonds is 5. The van der Waals surface area contributed by atoms with Gasteiger partial charge in [0, 0.05) is 32.6 Å². The summed E-state index contributed by atoms with van der Waals surface area (Å²) in [6.07, 6.45) is 2.96. The molecular weight excluding hydrogens is 374 g/mol. The van der Waals surface area contributed by atoms with E-state index in [1.807, 2.05) is 11.9 Å². The van der Waals surface area contributed by atoms with E-state index in [9.17, 15) is 5.11 Å². The molecule has 0 amide bonds. The lowest BCUT2D eigenvalue weighted by molar-refractivity contribution is -0.354. The number of ether oxygens (including phenoxy) is 5. The number of benzene rings is 1. The molecule has 1 heterocycles. The summed E-state index contributed by atoms with van der Waals surface area (Å²) in [4.78, 5) is 1.91. The minimum atomic E-state index is -1.39. The molecule has 1 saturated heterocycles. The zero-order chi connectivity index (χ0) is 21.0. The Morgan fingerprint density at radius 1 is 0.931 bits per heavy atom. The van der Waals surface area contributed by atoms with Crippen molar-refractivity contribution < 1.29 is 28.8 Å². The first-order valence-electron chi connectivity index (χ1n) is 9.94. The lowest BCUT2D eigenvalue weighted by atomic mass is 9.55. The van der Waals surface area contributed by atoms with Crippen LogP contribution in [-0.2, 0) is 26.0 Å². The number of allylic oxidation sites excluding steroid dienone is 1. The Morgan fingerprint density at radius 3 is 2.17 bits per heavy atom. The Bertz CT molecular complexity index is 848. The number of piperidine rings is 1. The van der Waals surface area contributed by atoms with Crippen LogP contribution >= 0.6 is 0 Å². The summed E-state index contributed by atoms with van der Waals surface area (Å²) in [6.45, 7) is 0.694. The predicted molar refractivity (Wildman–Crippen MR) is 107 cm³/mol. The van der Waals surface area contributed by atoms with Gasteiger partial charge in [0.05, 0.1) is 21.3 Å². The molecule has 2 atom stereocenters. The summed E-state index contributed by atoms with van der Waals surface area (Å²) in [5, 5.41) is 12.0. The first-order chi connectivity index (χ1) is 13.9. The lowest BCUT2D eigenvalue weighted by Crippen LogP contribution is -2.74. The van der Waals surface area contributed by atoms with Crippen molar-refractivity contribution in [2.24, 2.45) is 0 Å². The van der Waals surface area contributed by atoms with Crippen molar-refractivity contribution in [2.75, 3.05) is 49.1 Å². The quantitative estimate of drug-likeness (QED) is 0.753. The van der Waals surface area contributed by atoms with Gasteiger partial charge < -0.3 is 28.8 Å². The maximum atomic E-state index is 12.0. The third-order valence-corrected chi connectivity index (χ3v) is 7.28. The van der Waals surface area contributed by atoms with E-state index in [4.69, 9.17) is 23.7 Å². The number of methoxy groups -OCH3 is 5. The van der Waals surface area contributed by atoms with Gasteiger partial charge in [0.1, 0.15) is 0 Å². The molecule has 1 N–H and O–H groups in total. The van der Waals surface area contributed by atoms with Crippen molar-refractivity contribution in [1.82, 2.24) is 4.90 Å². The minimum Gasteiger partial charge on any atom is -0.495 e. The first-order valence-corrected chi connectivity index (χ1v) is 9.94. The second-order valence-corrected chi connectivity index (χ2v) is 8.15. The minimum absolute atomic E-state index is 0.375. The average molecular weight is 405 g/mol. The Hall–Kier alpha value is -1.80. The Morgan fingerprint density at radius 2 is 1.59 bits per heavy atom. The molecule has 29 heavy (non-hydrogen) atoms. The van der Waals surface area contributed by atoms with E-state index in [-0.39, 0.29) is 5.41 Å². The molecular formula is C22H31NO6. The van der Waals surface area contributed by atoms with Gasteiger partial charge in [-0.05, 0) is 55.1 Å². The van der Waals surface area contributed by atoms with E-state index >= 15 is 0 Å². The molecule has 2 bridgehead atoms. The number of fused-ring (bicyclic) bond motifs is 2. The van der Waals surface area contributed by atoms with E-state index < -0.39 is 11.5 Å². The molecule has 4 rings (SSSR count). The highest BCUT2D eigenvalue weighted by Crippen LogP contribution is 2.61. The van der Waals surface area contributed by atoms with Gasteiger partial charge in [-0.3, -0.25) is 4.90 Å². The monoisotopic (exact) mass is 405 g/mol. The number of hydrogen-bond donors (Lipinski definition) is 1. The molecule has 7 heteroatoms. The summed E-state index contributed by atoms with van der Waals surface area (Å²) in [6, 6.07) is 4.14. The van der Waals surface area contributed by atoms with Crippen LogP contribution < -0.4 is 9.47 Å². The maximum absolute atomic E-state index is 12.0. The standard InChI is InChI=1S/C22H31NO6/c1-23-10-9-20-13-21(23,24)22(28-5,29-6)19(27-4)15(20)8-7-14-11-17(25-2)18(26-3)12-16(14)20/h11-12,24H,7-10,13H2,1-6H3/t20-,21+/m1/s1. The van der Waals surface area contributed by atoms with Crippen LogP contribution in [0, 0.1) is 0 Å². The second kappa shape index (κ2) is 6.87. The molecule has 0 aromatic heterocycles. The molecule has 0 saturated carbocycles. The third-order valence-electron chi connectivity index (χ3n) is 7.28. The van der Waals surface area contributed by atoms with E-state index in [0.29, 0.717) is 24.5 Å². The van der Waals surface area contributed by atoms with E-state index in [2.05, 4.69) is 12.1 Å². The number of likely N-dealkylation sites (tertiary alicyclic amines) is 1. The number of aliphatic hydroxyl groups is 1. The summed E-state index contributed by atoms with van der Waals surface area (Å²) < 4.78 is 28.8. The van der Waals surface area contributed by atoms with Crippen LogP contribution in [0.1, 0.15) is 30.4 Å². The zero-order valence-electron chi connectivity index (χ0n) is 18.1. The average Bonchev–Trinajstić information content (AvgIpc) is 2.74. The summed E-state index contributed by atoms with van der Waals surface area (Å²) >= 11 is 0. The Kier molecular flexibility index (Phi) is 4.85. The van der Waals surface area contributed by atoms with Crippen LogP contribution in [0.4, 0.5) is 0 Å². The highest BCUT2D eigenvalue weighted by Gasteiger charge is 2.69. The van der Waals surface area contributed by atoms with Gasteiger partial charge in [0.2, 0.25) is 0 Å². The van der Waals surface area contributed by atoms with Crippen molar-refractivity contribution in [3.63, 3.8) is 0 Å². The van der Waals surface area contributed by atoms with Gasteiger partial charge in [0.15, 0.2) is 23.0 Å². The number of aryl methyl sites for hydroxylation is 1. The highest BCUT2D eigenvalue weighted by atomic mass is 16.7. The van der Waals surface area contributed by atoms with Crippen molar-refractivity contribution in [1.29, 1.82) is 0 Å². The van der Waals surface area contributed by atoms with E-state index in [1.54, 1.807) is 35.5 Å². The molecule has 7 nitrogen and oxygen atoms in total. The summed E-state index contributed by atoms with van der Waals surface area (Å²) in [7, 11) is 9.94. The van der Waals surface area contributed by atoms with E-state index in [1.165, 1.54) is 11.1 Å². The van der Waals surface area contributed by atoms with Crippen LogP contribution in [0.3, 0.4) is 0 Å². The van der Waals surface area contributed by atoms with Gasteiger partial charge >= 0.3 is 0 Å². The van der Waals surface area contributed by atoms with Gasteiger partial charge in [-0.1, -0.05) is 0 Å². The molecule has 1 fully saturated rings. The van der Waals surface area contributed by atoms with Gasteiger partial charge in [0.25, 0.3) is 5.79 Å². The number of nitrogens with zero attached hydrogens (tertiary/aromatic N) is 1. The lowest BCUT2D eigenvalue weighted by Gasteiger charge is -2.62. The fourth-order valence-corrected chi connectivity index (χ4v) is 5.84. The predicted octanol–water partition coefficient (Wildman–Crippen LogP) is 2.21. The Labute approximate surface area is 172 Å². The molecule has 1 spiro atoms. The molecule has 160 valence electrons. The summed E-state index contributed by atoms with van der Waals surface area (Å²) in [5.74, 6) is 0.607. The highest BCUT2D eigenvalue weighted by molar-refractivity contribution is 5.57. The third kappa shape index (κ3) is 2.39. The summed E-state index contributed by atoms with van der Waals surface area (Å²) in [5.41, 5.74) is 1.77. The fraction of sp³-hybridized carbons (Fsp3) is 0.636. The van der Waals surface area contributed by atoms with Gasteiger partial charge in [-0.2, -0.15) is 0 Å². The normalized spacial score (nSPS) is 30.4. The van der Waals surface area contributed by atoms with Crippen molar-refractivity contribution in [3.05, 3.63) is 34.6 Å². The molecule has 1 aromatic carbocycles. The molecule has 0 unspecified atom stereocenters. The topological polar surface area (TPSA) is 69.6 Å². The maximum Gasteiger partial charge on any atom is 0.271 e. The zero-order valence-corrected chi connectivity index (χ0v) is 18.1. The van der Waals surface area contributed by atoms with Crippen LogP contribution in [0.5, 0.6) is 11.5 Å². The van der Waals surface area contributed by atoms with Crippen LogP contribution in [0.25, 0.3) is 0 Å². The van der Waals surface area contributed by atoms with E-state index in [0.717, 1.165) is 30.6 Å². The largest absolute Gasteiger partial charge is 0.495 e.